The van der Waals surface area contributed by atoms with Crippen LogP contribution in [0.2, 0.25) is 0 Å². The normalized spacial score (nSPS) is 18.5. The Hall–Kier alpha value is -3.00. The second kappa shape index (κ2) is 9.93. The lowest BCUT2D eigenvalue weighted by molar-refractivity contribution is -0.137. The molecule has 0 unspecified atom stereocenters. The number of fused-ring (bicyclic) bond motifs is 1. The molecule has 8 nitrogen and oxygen atoms in total. The van der Waals surface area contributed by atoms with E-state index in [1.54, 1.807) is 6.20 Å². The molecule has 1 aromatic carbocycles. The number of aromatic amines is 1. The first-order valence-corrected chi connectivity index (χ1v) is 13.0. The Labute approximate surface area is 207 Å². The van der Waals surface area contributed by atoms with Crippen molar-refractivity contribution < 1.29 is 4.79 Å². The molecule has 1 saturated heterocycles. The zero-order chi connectivity index (χ0) is 24.4. The van der Waals surface area contributed by atoms with Crippen molar-refractivity contribution in [3.8, 4) is 0 Å². The molecule has 1 saturated carbocycles. The predicted molar refractivity (Wildman–Crippen MR) is 139 cm³/mol. The molecule has 3 heterocycles. The number of carbonyl (C=O) groups is 1. The number of aromatic nitrogens is 4. The van der Waals surface area contributed by atoms with Crippen LogP contribution in [0.15, 0.2) is 36.7 Å². The Kier molecular flexibility index (Phi) is 6.73. The summed E-state index contributed by atoms with van der Waals surface area (Å²) < 4.78 is 0. The summed E-state index contributed by atoms with van der Waals surface area (Å²) in [5, 5.41) is 8.01. The molecule has 0 spiro atoms. The highest BCUT2D eigenvalue weighted by Gasteiger charge is 2.35. The smallest absolute Gasteiger partial charge is 0.232 e. The number of H-pyrrole nitrogens is 1. The number of likely N-dealkylation sites (N-methyl/N-ethyl adjacent to an activating group) is 1. The average Bonchev–Trinajstić information content (AvgIpc) is 3.18. The highest BCUT2D eigenvalue weighted by atomic mass is 16.2. The number of amides is 1. The van der Waals surface area contributed by atoms with Crippen LogP contribution >= 0.6 is 0 Å². The molecule has 1 amide bonds. The topological polar surface area (TPSA) is 81.2 Å². The summed E-state index contributed by atoms with van der Waals surface area (Å²) in [6, 6.07) is 8.85. The second-order valence-corrected chi connectivity index (χ2v) is 10.6. The van der Waals surface area contributed by atoms with Crippen molar-refractivity contribution in [3.05, 3.63) is 42.2 Å². The van der Waals surface area contributed by atoms with Gasteiger partial charge in [0.05, 0.1) is 17.0 Å². The SMILES string of the molecule is CN1CCN(C(=O)C(C)(C)c2ccc(N(c3ncc4cn[nH]c4n3)C3CCCCCC3)cc2)CC1. The molecule has 2 aliphatic rings. The fraction of sp³-hybridized carbons (Fsp3) is 0.556. The molecule has 0 radical (unpaired) electrons. The Balaban J connectivity index is 1.44. The minimum atomic E-state index is -0.576. The maximum atomic E-state index is 13.4. The van der Waals surface area contributed by atoms with Gasteiger partial charge in [-0.3, -0.25) is 9.89 Å². The van der Waals surface area contributed by atoms with E-state index in [1.807, 2.05) is 24.9 Å². The monoisotopic (exact) mass is 475 g/mol. The number of anilines is 2. The van der Waals surface area contributed by atoms with Gasteiger partial charge in [-0.1, -0.05) is 37.8 Å². The lowest BCUT2D eigenvalue weighted by Gasteiger charge is -2.37. The number of benzene rings is 1. The third-order valence-electron chi connectivity index (χ3n) is 7.78. The third kappa shape index (κ3) is 4.89. The van der Waals surface area contributed by atoms with E-state index in [0.717, 1.165) is 61.3 Å². The van der Waals surface area contributed by atoms with Crippen molar-refractivity contribution in [2.45, 2.75) is 63.8 Å². The number of hydrogen-bond acceptors (Lipinski definition) is 6. The van der Waals surface area contributed by atoms with Crippen molar-refractivity contribution in [3.63, 3.8) is 0 Å². The quantitative estimate of drug-likeness (QED) is 0.555. The number of rotatable bonds is 5. The Morgan fingerprint density at radius 2 is 1.69 bits per heavy atom. The lowest BCUT2D eigenvalue weighted by atomic mass is 9.82. The summed E-state index contributed by atoms with van der Waals surface area (Å²) in [5.41, 5.74) is 2.29. The van der Waals surface area contributed by atoms with Gasteiger partial charge in [0, 0.05) is 44.1 Å². The van der Waals surface area contributed by atoms with Gasteiger partial charge in [0.2, 0.25) is 11.9 Å². The van der Waals surface area contributed by atoms with Gasteiger partial charge in [0.25, 0.3) is 0 Å². The second-order valence-electron chi connectivity index (χ2n) is 10.6. The molecule has 8 heteroatoms. The summed E-state index contributed by atoms with van der Waals surface area (Å²) >= 11 is 0. The molecule has 5 rings (SSSR count). The molecular weight excluding hydrogens is 438 g/mol. The molecule has 1 aliphatic heterocycles. The van der Waals surface area contributed by atoms with Gasteiger partial charge in [-0.15, -0.1) is 0 Å². The number of carbonyl (C=O) groups excluding carboxylic acids is 1. The molecule has 186 valence electrons. The molecule has 0 atom stereocenters. The van der Waals surface area contributed by atoms with Crippen molar-refractivity contribution in [1.29, 1.82) is 0 Å². The highest BCUT2D eigenvalue weighted by molar-refractivity contribution is 5.87. The van der Waals surface area contributed by atoms with Crippen LogP contribution in [0, 0.1) is 0 Å². The Morgan fingerprint density at radius 1 is 1.00 bits per heavy atom. The van der Waals surface area contributed by atoms with Crippen molar-refractivity contribution in [2.24, 2.45) is 0 Å². The summed E-state index contributed by atoms with van der Waals surface area (Å²) in [6.45, 7) is 7.52. The van der Waals surface area contributed by atoms with E-state index in [0.29, 0.717) is 12.0 Å². The van der Waals surface area contributed by atoms with E-state index in [2.05, 4.69) is 51.3 Å². The van der Waals surface area contributed by atoms with E-state index >= 15 is 0 Å². The number of nitrogens with zero attached hydrogens (tertiary/aromatic N) is 6. The molecule has 0 bridgehead atoms. The standard InChI is InChI=1S/C27H37N7O/c1-27(2,25(35)33-16-14-32(3)15-17-33)21-10-12-23(13-11-21)34(22-8-6-4-5-7-9-22)26-28-18-20-19-29-31-24(20)30-26/h10-13,18-19,22H,4-9,14-17H2,1-3H3,(H,28,29,30,31). The maximum Gasteiger partial charge on any atom is 0.232 e. The molecule has 1 N–H and O–H groups in total. The Bertz CT molecular complexity index is 1140. The van der Waals surface area contributed by atoms with Crippen LogP contribution < -0.4 is 4.90 Å². The maximum absolute atomic E-state index is 13.4. The first-order chi connectivity index (χ1) is 16.9. The van der Waals surface area contributed by atoms with Gasteiger partial charge in [-0.25, -0.2) is 4.98 Å². The highest BCUT2D eigenvalue weighted by Crippen LogP contribution is 2.34. The molecule has 3 aromatic rings. The zero-order valence-corrected chi connectivity index (χ0v) is 21.2. The van der Waals surface area contributed by atoms with Crippen LogP contribution in [-0.2, 0) is 10.2 Å². The number of hydrogen-bond donors (Lipinski definition) is 1. The van der Waals surface area contributed by atoms with E-state index in [1.165, 1.54) is 25.7 Å². The summed E-state index contributed by atoms with van der Waals surface area (Å²) in [6.07, 6.45) is 10.9. The summed E-state index contributed by atoms with van der Waals surface area (Å²) in [7, 11) is 2.11. The van der Waals surface area contributed by atoms with Crippen molar-refractivity contribution >= 4 is 28.6 Å². The van der Waals surface area contributed by atoms with Crippen molar-refractivity contribution in [2.75, 3.05) is 38.1 Å². The van der Waals surface area contributed by atoms with Crippen LogP contribution in [-0.4, -0.2) is 75.1 Å². The van der Waals surface area contributed by atoms with E-state index in [4.69, 9.17) is 9.97 Å². The molecule has 2 aromatic heterocycles. The van der Waals surface area contributed by atoms with Gasteiger partial charge in [0.15, 0.2) is 5.65 Å². The van der Waals surface area contributed by atoms with E-state index in [9.17, 15) is 4.79 Å². The average molecular weight is 476 g/mol. The minimum Gasteiger partial charge on any atom is -0.339 e. The summed E-state index contributed by atoms with van der Waals surface area (Å²) in [5.74, 6) is 0.904. The van der Waals surface area contributed by atoms with Crippen molar-refractivity contribution in [1.82, 2.24) is 30.0 Å². The van der Waals surface area contributed by atoms with Gasteiger partial charge < -0.3 is 14.7 Å². The Morgan fingerprint density at radius 3 is 2.37 bits per heavy atom. The van der Waals surface area contributed by atoms with Crippen LogP contribution in [0.5, 0.6) is 0 Å². The molecule has 1 aliphatic carbocycles. The lowest BCUT2D eigenvalue weighted by Crippen LogP contribution is -2.52. The number of piperazine rings is 1. The number of nitrogens with one attached hydrogen (secondary N) is 1. The van der Waals surface area contributed by atoms with Gasteiger partial charge in [0.1, 0.15) is 0 Å². The fourth-order valence-corrected chi connectivity index (χ4v) is 5.42. The van der Waals surface area contributed by atoms with Crippen LogP contribution in [0.1, 0.15) is 57.9 Å². The zero-order valence-electron chi connectivity index (χ0n) is 21.2. The van der Waals surface area contributed by atoms with Gasteiger partial charge in [-0.05, 0) is 51.4 Å². The molecule has 2 fully saturated rings. The first-order valence-electron chi connectivity index (χ1n) is 13.0. The fourth-order valence-electron chi connectivity index (χ4n) is 5.42. The third-order valence-corrected chi connectivity index (χ3v) is 7.78. The summed E-state index contributed by atoms with van der Waals surface area (Å²) in [4.78, 5) is 29.5. The van der Waals surface area contributed by atoms with Crippen LogP contribution in [0.4, 0.5) is 11.6 Å². The van der Waals surface area contributed by atoms with Gasteiger partial charge >= 0.3 is 0 Å². The van der Waals surface area contributed by atoms with Gasteiger partial charge in [-0.2, -0.15) is 10.1 Å². The molecular formula is C27H37N7O. The predicted octanol–water partition coefficient (Wildman–Crippen LogP) is 4.27. The van der Waals surface area contributed by atoms with E-state index in [-0.39, 0.29) is 5.91 Å². The molecule has 35 heavy (non-hydrogen) atoms. The van der Waals surface area contributed by atoms with E-state index < -0.39 is 5.41 Å². The largest absolute Gasteiger partial charge is 0.339 e. The minimum absolute atomic E-state index is 0.201. The first kappa shape index (κ1) is 23.7. The van der Waals surface area contributed by atoms with Crippen LogP contribution in [0.3, 0.4) is 0 Å². The van der Waals surface area contributed by atoms with Crippen LogP contribution in [0.25, 0.3) is 11.0 Å².